The van der Waals surface area contributed by atoms with E-state index in [2.05, 4.69) is 10.6 Å². The number of carbonyl (C=O) groups is 4. The standard InChI is InChI=1S/C34H56ClN3O11/c35-17-7-3-4-8-19-44-21-22-45-20-18-36-34(42)49-28-26-47-24-23-46-25-27-48-33(41)16-13-29-11-14-30(15-12-29)37-31(39)9-5-1-2-6-10-32(40)38-43/h11-12,14-15,43H,1-10,13,16-28H2,(H,36,42)(H,37,39)(H,38,40). The van der Waals surface area contributed by atoms with Crippen LogP contribution in [0, 0.1) is 0 Å². The highest BCUT2D eigenvalue weighted by Gasteiger charge is 2.07. The number of alkyl carbamates (subject to hydrolysis) is 1. The monoisotopic (exact) mass is 717 g/mol. The number of alkyl halides is 1. The topological polar surface area (TPSA) is 180 Å². The lowest BCUT2D eigenvalue weighted by Gasteiger charge is -2.09. The van der Waals surface area contributed by atoms with E-state index in [1.807, 2.05) is 12.1 Å². The largest absolute Gasteiger partial charge is 0.463 e. The summed E-state index contributed by atoms with van der Waals surface area (Å²) in [6, 6.07) is 7.32. The molecule has 0 heterocycles. The Labute approximate surface area is 295 Å². The Balaban J connectivity index is 1.90. The van der Waals surface area contributed by atoms with Gasteiger partial charge in [0.25, 0.3) is 0 Å². The Kier molecular flexibility index (Phi) is 28.9. The molecule has 0 saturated heterocycles. The number of unbranched alkanes of at least 4 members (excludes halogenated alkanes) is 6. The Morgan fingerprint density at radius 2 is 1.14 bits per heavy atom. The van der Waals surface area contributed by atoms with Crippen LogP contribution in [0.5, 0.6) is 0 Å². The van der Waals surface area contributed by atoms with Crippen molar-refractivity contribution in [2.75, 3.05) is 83.8 Å². The molecule has 0 aliphatic carbocycles. The molecule has 0 aliphatic heterocycles. The highest BCUT2D eigenvalue weighted by molar-refractivity contribution is 6.17. The van der Waals surface area contributed by atoms with Gasteiger partial charge in [0.15, 0.2) is 0 Å². The number of hydrogen-bond donors (Lipinski definition) is 4. The van der Waals surface area contributed by atoms with E-state index in [4.69, 9.17) is 45.2 Å². The molecule has 0 radical (unpaired) electrons. The van der Waals surface area contributed by atoms with Crippen molar-refractivity contribution in [3.63, 3.8) is 0 Å². The number of rotatable bonds is 32. The Morgan fingerprint density at radius 3 is 1.80 bits per heavy atom. The van der Waals surface area contributed by atoms with Gasteiger partial charge >= 0.3 is 12.1 Å². The third kappa shape index (κ3) is 28.5. The van der Waals surface area contributed by atoms with Gasteiger partial charge in [-0.25, -0.2) is 10.3 Å². The second-order valence-corrected chi connectivity index (χ2v) is 11.4. The fourth-order valence-corrected chi connectivity index (χ4v) is 4.45. The number of benzene rings is 1. The molecule has 1 aromatic carbocycles. The molecule has 14 nitrogen and oxygen atoms in total. The molecule has 0 saturated carbocycles. The molecule has 0 atom stereocenters. The molecule has 4 N–H and O–H groups in total. The van der Waals surface area contributed by atoms with E-state index >= 15 is 0 Å². The third-order valence-electron chi connectivity index (χ3n) is 6.92. The van der Waals surface area contributed by atoms with Crippen LogP contribution >= 0.6 is 11.6 Å². The number of halogens is 1. The zero-order chi connectivity index (χ0) is 35.6. The van der Waals surface area contributed by atoms with Crippen LogP contribution in [-0.4, -0.2) is 108 Å². The Hall–Kier alpha value is -3.01. The van der Waals surface area contributed by atoms with Crippen molar-refractivity contribution in [1.82, 2.24) is 10.8 Å². The fraction of sp³-hybridized carbons (Fsp3) is 0.706. The maximum absolute atomic E-state index is 12.1. The maximum Gasteiger partial charge on any atom is 0.407 e. The number of carbonyl (C=O) groups excluding carboxylic acids is 4. The minimum Gasteiger partial charge on any atom is -0.463 e. The first kappa shape index (κ1) is 44.0. The zero-order valence-electron chi connectivity index (χ0n) is 28.7. The van der Waals surface area contributed by atoms with Gasteiger partial charge in [0, 0.05) is 44.0 Å². The fourth-order valence-electron chi connectivity index (χ4n) is 4.26. The van der Waals surface area contributed by atoms with E-state index < -0.39 is 12.0 Å². The number of nitrogens with one attached hydrogen (secondary N) is 3. The van der Waals surface area contributed by atoms with Crippen LogP contribution in [0.15, 0.2) is 24.3 Å². The van der Waals surface area contributed by atoms with Crippen LogP contribution < -0.4 is 16.1 Å². The van der Waals surface area contributed by atoms with Gasteiger partial charge in [-0.1, -0.05) is 37.8 Å². The number of ether oxygens (including phenoxy) is 6. The van der Waals surface area contributed by atoms with Gasteiger partial charge in [0.2, 0.25) is 11.8 Å². The number of esters is 1. The van der Waals surface area contributed by atoms with Crippen LogP contribution in [-0.2, 0) is 49.2 Å². The van der Waals surface area contributed by atoms with E-state index in [1.165, 1.54) is 0 Å². The maximum atomic E-state index is 12.1. The summed E-state index contributed by atoms with van der Waals surface area (Å²) >= 11 is 5.64. The van der Waals surface area contributed by atoms with Crippen molar-refractivity contribution >= 4 is 41.2 Å². The van der Waals surface area contributed by atoms with Crippen molar-refractivity contribution in [3.05, 3.63) is 29.8 Å². The second kappa shape index (κ2) is 32.2. The lowest BCUT2D eigenvalue weighted by Crippen LogP contribution is -2.29. The van der Waals surface area contributed by atoms with Crippen molar-refractivity contribution in [2.24, 2.45) is 0 Å². The van der Waals surface area contributed by atoms with E-state index in [9.17, 15) is 19.2 Å². The molecule has 3 amide bonds. The minimum atomic E-state index is -0.538. The van der Waals surface area contributed by atoms with E-state index in [1.54, 1.807) is 17.6 Å². The van der Waals surface area contributed by atoms with Gasteiger partial charge in [-0.3, -0.25) is 19.6 Å². The molecule has 0 unspecified atom stereocenters. The number of amides is 3. The summed E-state index contributed by atoms with van der Waals surface area (Å²) in [7, 11) is 0. The normalized spacial score (nSPS) is 10.8. The lowest BCUT2D eigenvalue weighted by atomic mass is 10.1. The summed E-state index contributed by atoms with van der Waals surface area (Å²) in [6.07, 6.45) is 8.18. The molecule has 49 heavy (non-hydrogen) atoms. The second-order valence-electron chi connectivity index (χ2n) is 11.0. The molecular formula is C34H56ClN3O11. The van der Waals surface area contributed by atoms with E-state index in [0.717, 1.165) is 50.5 Å². The van der Waals surface area contributed by atoms with Crippen molar-refractivity contribution in [2.45, 2.75) is 77.0 Å². The van der Waals surface area contributed by atoms with Crippen molar-refractivity contribution < 1.29 is 52.8 Å². The van der Waals surface area contributed by atoms with Crippen LogP contribution in [0.25, 0.3) is 0 Å². The lowest BCUT2D eigenvalue weighted by molar-refractivity contribution is -0.145. The number of hydrogen-bond acceptors (Lipinski definition) is 11. The number of aryl methyl sites for hydroxylation is 1. The van der Waals surface area contributed by atoms with Crippen LogP contribution in [0.1, 0.15) is 76.2 Å². The van der Waals surface area contributed by atoms with E-state index in [-0.39, 0.29) is 51.1 Å². The van der Waals surface area contributed by atoms with Gasteiger partial charge in [-0.15, -0.1) is 11.6 Å². The molecule has 280 valence electrons. The average Bonchev–Trinajstić information content (AvgIpc) is 3.10. The first-order valence-corrected chi connectivity index (χ1v) is 17.7. The van der Waals surface area contributed by atoms with Crippen LogP contribution in [0.2, 0.25) is 0 Å². The quantitative estimate of drug-likeness (QED) is 0.0270. The van der Waals surface area contributed by atoms with Crippen molar-refractivity contribution in [1.29, 1.82) is 0 Å². The molecule has 15 heteroatoms. The van der Waals surface area contributed by atoms with Gasteiger partial charge < -0.3 is 39.1 Å². The van der Waals surface area contributed by atoms with Gasteiger partial charge in [-0.05, 0) is 49.8 Å². The SMILES string of the molecule is O=C(CCCCCCC(=O)Nc1ccc(CCC(=O)OCCOCCOCCOC(=O)NCCOCCOCCCCCCCl)cc1)NO. The molecule has 0 aromatic heterocycles. The number of hydroxylamine groups is 1. The minimum absolute atomic E-state index is 0.0806. The predicted octanol–water partition coefficient (Wildman–Crippen LogP) is 4.54. The predicted molar refractivity (Wildman–Crippen MR) is 184 cm³/mol. The summed E-state index contributed by atoms with van der Waals surface area (Å²) in [5.74, 6) is -0.101. The first-order valence-electron chi connectivity index (χ1n) is 17.2. The van der Waals surface area contributed by atoms with Crippen LogP contribution in [0.4, 0.5) is 10.5 Å². The summed E-state index contributed by atoms with van der Waals surface area (Å²) < 4.78 is 31.9. The average molecular weight is 718 g/mol. The molecule has 0 aliphatic rings. The van der Waals surface area contributed by atoms with Crippen LogP contribution in [0.3, 0.4) is 0 Å². The Morgan fingerprint density at radius 1 is 0.592 bits per heavy atom. The summed E-state index contributed by atoms with van der Waals surface area (Å²) in [5, 5.41) is 13.9. The number of anilines is 1. The smallest absolute Gasteiger partial charge is 0.407 e. The van der Waals surface area contributed by atoms with Crippen molar-refractivity contribution in [3.8, 4) is 0 Å². The molecular weight excluding hydrogens is 662 g/mol. The zero-order valence-corrected chi connectivity index (χ0v) is 29.4. The molecule has 0 spiro atoms. The third-order valence-corrected chi connectivity index (χ3v) is 7.19. The molecule has 1 rings (SSSR count). The van der Waals surface area contributed by atoms with Gasteiger partial charge in [-0.2, -0.15) is 0 Å². The molecule has 0 fully saturated rings. The molecule has 1 aromatic rings. The Bertz CT molecular complexity index is 1000. The van der Waals surface area contributed by atoms with Gasteiger partial charge in [0.05, 0.1) is 46.2 Å². The molecule has 0 bridgehead atoms. The van der Waals surface area contributed by atoms with E-state index in [0.29, 0.717) is 77.0 Å². The van der Waals surface area contributed by atoms with Gasteiger partial charge in [0.1, 0.15) is 13.2 Å². The first-order chi connectivity index (χ1) is 23.9. The highest BCUT2D eigenvalue weighted by Crippen LogP contribution is 2.13. The highest BCUT2D eigenvalue weighted by atomic mass is 35.5. The summed E-state index contributed by atoms with van der Waals surface area (Å²) in [6.45, 7) is 3.77. The summed E-state index contributed by atoms with van der Waals surface area (Å²) in [4.78, 5) is 46.8. The summed E-state index contributed by atoms with van der Waals surface area (Å²) in [5.41, 5.74) is 3.23.